The molecule has 1 heterocycles. The van der Waals surface area contributed by atoms with Gasteiger partial charge in [0.2, 0.25) is 0 Å². The van der Waals surface area contributed by atoms with E-state index in [2.05, 4.69) is 10.2 Å². The number of nitrogens with zero attached hydrogens (tertiary/aromatic N) is 2. The Balaban J connectivity index is 1.54. The molecular formula is C27H24N2O3. The van der Waals surface area contributed by atoms with Crippen LogP contribution in [-0.4, -0.2) is 15.3 Å². The van der Waals surface area contributed by atoms with Gasteiger partial charge in [-0.1, -0.05) is 84.9 Å². The SMILES string of the molecule is OCc1cccc(C=Cc2cc(OCc3ccccc3)c(OCc3ccccc3)nn2)c1. The van der Waals surface area contributed by atoms with Gasteiger partial charge in [-0.05, 0) is 34.4 Å². The summed E-state index contributed by atoms with van der Waals surface area (Å²) >= 11 is 0. The van der Waals surface area contributed by atoms with Gasteiger partial charge in [0.25, 0.3) is 5.88 Å². The highest BCUT2D eigenvalue weighted by Gasteiger charge is 2.10. The molecule has 0 saturated heterocycles. The van der Waals surface area contributed by atoms with Crippen LogP contribution in [0, 0.1) is 0 Å². The molecule has 4 rings (SSSR count). The third-order valence-electron chi connectivity index (χ3n) is 4.78. The highest BCUT2D eigenvalue weighted by atomic mass is 16.5. The summed E-state index contributed by atoms with van der Waals surface area (Å²) in [6, 6.07) is 29.3. The van der Waals surface area contributed by atoms with Crippen molar-refractivity contribution in [3.05, 3.63) is 119 Å². The summed E-state index contributed by atoms with van der Waals surface area (Å²) in [6.45, 7) is 0.780. The number of hydrogen-bond donors (Lipinski definition) is 1. The minimum Gasteiger partial charge on any atom is -0.483 e. The monoisotopic (exact) mass is 424 g/mol. The van der Waals surface area contributed by atoms with Crippen molar-refractivity contribution in [2.24, 2.45) is 0 Å². The lowest BCUT2D eigenvalue weighted by atomic mass is 10.1. The Labute approximate surface area is 187 Å². The van der Waals surface area contributed by atoms with E-state index in [0.29, 0.717) is 30.5 Å². The average molecular weight is 425 g/mol. The van der Waals surface area contributed by atoms with Crippen LogP contribution >= 0.6 is 0 Å². The van der Waals surface area contributed by atoms with E-state index in [-0.39, 0.29) is 6.61 Å². The predicted octanol–water partition coefficient (Wildman–Crippen LogP) is 5.30. The fourth-order valence-corrected chi connectivity index (χ4v) is 3.10. The summed E-state index contributed by atoms with van der Waals surface area (Å²) in [5, 5.41) is 17.9. The van der Waals surface area contributed by atoms with E-state index in [0.717, 1.165) is 22.3 Å². The highest BCUT2D eigenvalue weighted by Crippen LogP contribution is 2.27. The van der Waals surface area contributed by atoms with E-state index in [1.807, 2.05) is 103 Å². The third-order valence-corrected chi connectivity index (χ3v) is 4.78. The van der Waals surface area contributed by atoms with Crippen LogP contribution in [0.5, 0.6) is 11.6 Å². The summed E-state index contributed by atoms with van der Waals surface area (Å²) in [4.78, 5) is 0. The zero-order valence-electron chi connectivity index (χ0n) is 17.6. The molecule has 0 atom stereocenters. The second-order valence-corrected chi connectivity index (χ2v) is 7.22. The molecule has 0 unspecified atom stereocenters. The van der Waals surface area contributed by atoms with E-state index in [9.17, 15) is 5.11 Å². The molecule has 32 heavy (non-hydrogen) atoms. The van der Waals surface area contributed by atoms with Gasteiger partial charge in [0.1, 0.15) is 13.2 Å². The molecule has 5 heteroatoms. The van der Waals surface area contributed by atoms with Gasteiger partial charge in [-0.2, -0.15) is 0 Å². The highest BCUT2D eigenvalue weighted by molar-refractivity contribution is 5.68. The van der Waals surface area contributed by atoms with E-state index in [4.69, 9.17) is 9.47 Å². The quantitative estimate of drug-likeness (QED) is 0.395. The van der Waals surface area contributed by atoms with Crippen molar-refractivity contribution < 1.29 is 14.6 Å². The van der Waals surface area contributed by atoms with Crippen molar-refractivity contribution in [1.82, 2.24) is 10.2 Å². The molecule has 0 bridgehead atoms. The molecule has 160 valence electrons. The number of hydrogen-bond acceptors (Lipinski definition) is 5. The molecule has 1 N–H and O–H groups in total. The number of benzene rings is 3. The van der Waals surface area contributed by atoms with Crippen molar-refractivity contribution in [2.45, 2.75) is 19.8 Å². The molecule has 0 aliphatic rings. The zero-order chi connectivity index (χ0) is 22.0. The number of rotatable bonds is 9. The summed E-state index contributed by atoms with van der Waals surface area (Å²) in [7, 11) is 0. The fraction of sp³-hybridized carbons (Fsp3) is 0.111. The van der Waals surface area contributed by atoms with Crippen molar-refractivity contribution in [2.75, 3.05) is 0 Å². The largest absolute Gasteiger partial charge is 0.483 e. The molecule has 0 spiro atoms. The maximum atomic E-state index is 9.32. The Morgan fingerprint density at radius 1 is 0.656 bits per heavy atom. The van der Waals surface area contributed by atoms with Crippen LogP contribution in [0.15, 0.2) is 91.0 Å². The number of aromatic nitrogens is 2. The Bertz CT molecular complexity index is 1160. The maximum absolute atomic E-state index is 9.32. The van der Waals surface area contributed by atoms with Crippen LogP contribution in [0.4, 0.5) is 0 Å². The topological polar surface area (TPSA) is 64.5 Å². The Kier molecular flexibility index (Phi) is 7.24. The predicted molar refractivity (Wildman–Crippen MR) is 125 cm³/mol. The summed E-state index contributed by atoms with van der Waals surface area (Å²) in [5.74, 6) is 0.882. The Morgan fingerprint density at radius 2 is 1.31 bits per heavy atom. The number of aliphatic hydroxyl groups excluding tert-OH is 1. The number of aliphatic hydroxyl groups is 1. The van der Waals surface area contributed by atoms with Crippen LogP contribution < -0.4 is 9.47 Å². The van der Waals surface area contributed by atoms with Gasteiger partial charge < -0.3 is 14.6 Å². The lowest BCUT2D eigenvalue weighted by Crippen LogP contribution is -2.04. The molecule has 4 aromatic rings. The van der Waals surface area contributed by atoms with Crippen molar-refractivity contribution in [3.63, 3.8) is 0 Å². The first-order valence-electron chi connectivity index (χ1n) is 10.4. The second kappa shape index (κ2) is 10.9. The molecular weight excluding hydrogens is 400 g/mol. The van der Waals surface area contributed by atoms with Gasteiger partial charge in [0, 0.05) is 6.07 Å². The molecule has 0 radical (unpaired) electrons. The van der Waals surface area contributed by atoms with E-state index in [1.165, 1.54) is 0 Å². The van der Waals surface area contributed by atoms with Gasteiger partial charge in [0.05, 0.1) is 12.3 Å². The van der Waals surface area contributed by atoms with Gasteiger partial charge in [-0.25, -0.2) is 0 Å². The van der Waals surface area contributed by atoms with Crippen molar-refractivity contribution in [1.29, 1.82) is 0 Å². The molecule has 0 saturated carbocycles. The molecule has 0 fully saturated rings. The Morgan fingerprint density at radius 3 is 2.00 bits per heavy atom. The fourth-order valence-electron chi connectivity index (χ4n) is 3.10. The Hall–Kier alpha value is -3.96. The lowest BCUT2D eigenvalue weighted by molar-refractivity contribution is 0.244. The third kappa shape index (κ3) is 6.03. The first-order valence-corrected chi connectivity index (χ1v) is 10.4. The van der Waals surface area contributed by atoms with Gasteiger partial charge in [0.15, 0.2) is 5.75 Å². The standard InChI is InChI=1S/C27H24N2O3/c30-18-24-13-7-12-21(16-24)14-15-25-17-26(31-19-22-8-3-1-4-9-22)27(29-28-25)32-20-23-10-5-2-6-11-23/h1-17,30H,18-20H2. The zero-order valence-corrected chi connectivity index (χ0v) is 17.6. The molecule has 0 aliphatic carbocycles. The molecule has 1 aromatic heterocycles. The van der Waals surface area contributed by atoms with E-state index in [1.54, 1.807) is 0 Å². The molecule has 0 amide bonds. The summed E-state index contributed by atoms with van der Waals surface area (Å²) < 4.78 is 12.0. The number of ether oxygens (including phenoxy) is 2. The summed E-state index contributed by atoms with van der Waals surface area (Å²) in [5.41, 5.74) is 4.56. The smallest absolute Gasteiger partial charge is 0.276 e. The van der Waals surface area contributed by atoms with Crippen LogP contribution in [0.1, 0.15) is 27.9 Å². The van der Waals surface area contributed by atoms with Crippen molar-refractivity contribution in [3.8, 4) is 11.6 Å². The maximum Gasteiger partial charge on any atom is 0.276 e. The first-order chi connectivity index (χ1) is 15.8. The summed E-state index contributed by atoms with van der Waals surface area (Å²) in [6.07, 6.45) is 3.79. The average Bonchev–Trinajstić information content (AvgIpc) is 2.87. The minimum atomic E-state index is 0.00636. The van der Waals surface area contributed by atoms with E-state index >= 15 is 0 Å². The van der Waals surface area contributed by atoms with Crippen LogP contribution in [0.2, 0.25) is 0 Å². The van der Waals surface area contributed by atoms with E-state index < -0.39 is 0 Å². The molecule has 3 aromatic carbocycles. The second-order valence-electron chi connectivity index (χ2n) is 7.22. The van der Waals surface area contributed by atoms with Crippen molar-refractivity contribution >= 4 is 12.2 Å². The van der Waals surface area contributed by atoms with Crippen LogP contribution in [0.3, 0.4) is 0 Å². The minimum absolute atomic E-state index is 0.00636. The normalized spacial score (nSPS) is 10.9. The van der Waals surface area contributed by atoms with Gasteiger partial charge in [-0.15, -0.1) is 10.2 Å². The lowest BCUT2D eigenvalue weighted by Gasteiger charge is -2.12. The first kappa shape index (κ1) is 21.3. The van der Waals surface area contributed by atoms with Crippen LogP contribution in [0.25, 0.3) is 12.2 Å². The van der Waals surface area contributed by atoms with Gasteiger partial charge >= 0.3 is 0 Å². The molecule has 0 aliphatic heterocycles. The molecule has 5 nitrogen and oxygen atoms in total. The van der Waals surface area contributed by atoms with Gasteiger partial charge in [-0.3, -0.25) is 0 Å². The van der Waals surface area contributed by atoms with Crippen LogP contribution in [-0.2, 0) is 19.8 Å².